The molecule has 2 aliphatic rings. The number of fused-ring (bicyclic) bond motifs is 1. The van der Waals surface area contributed by atoms with Crippen molar-refractivity contribution in [2.24, 2.45) is 0 Å². The Balaban J connectivity index is 1.27. The Morgan fingerprint density at radius 2 is 1.73 bits per heavy atom. The molecule has 3 nitrogen and oxygen atoms in total. The molecule has 2 aliphatic heterocycles. The number of para-hydroxylation sites is 1. The smallest absolute Gasteiger partial charge is 0.0761 e. The summed E-state index contributed by atoms with van der Waals surface area (Å²) in [5, 5.41) is 9.61. The molecule has 0 bridgehead atoms. The van der Waals surface area contributed by atoms with Gasteiger partial charge in [-0.3, -0.25) is 0 Å². The average Bonchev–Trinajstić information content (AvgIpc) is 3.11. The Kier molecular flexibility index (Phi) is 5.28. The standard InChI is InChI=1S/C23H30N2O/c1-18(26)20-8-6-19(7-9-20)10-14-24-15-12-22(13-16-24)25-17-11-21-4-2-3-5-23(21)25/h2-9,18,22,26H,10-17H2,1H3. The number of benzene rings is 2. The van der Waals surface area contributed by atoms with Crippen LogP contribution >= 0.6 is 0 Å². The number of rotatable bonds is 5. The average molecular weight is 351 g/mol. The van der Waals surface area contributed by atoms with Gasteiger partial charge >= 0.3 is 0 Å². The van der Waals surface area contributed by atoms with Crippen LogP contribution in [-0.2, 0) is 12.8 Å². The zero-order chi connectivity index (χ0) is 17.9. The number of anilines is 1. The second-order valence-corrected chi connectivity index (χ2v) is 7.81. The van der Waals surface area contributed by atoms with Crippen LogP contribution in [0.4, 0.5) is 5.69 Å². The zero-order valence-corrected chi connectivity index (χ0v) is 15.8. The van der Waals surface area contributed by atoms with E-state index < -0.39 is 0 Å². The van der Waals surface area contributed by atoms with E-state index in [4.69, 9.17) is 0 Å². The summed E-state index contributed by atoms with van der Waals surface area (Å²) in [7, 11) is 0. The van der Waals surface area contributed by atoms with E-state index in [1.165, 1.54) is 55.7 Å². The second kappa shape index (κ2) is 7.81. The largest absolute Gasteiger partial charge is 0.389 e. The van der Waals surface area contributed by atoms with Crippen molar-refractivity contribution >= 4 is 5.69 Å². The van der Waals surface area contributed by atoms with Crippen LogP contribution < -0.4 is 4.90 Å². The molecule has 1 atom stereocenters. The summed E-state index contributed by atoms with van der Waals surface area (Å²) in [4.78, 5) is 5.27. The lowest BCUT2D eigenvalue weighted by atomic mass is 10.0. The highest BCUT2D eigenvalue weighted by atomic mass is 16.3. The molecule has 26 heavy (non-hydrogen) atoms. The van der Waals surface area contributed by atoms with Gasteiger partial charge in [0.05, 0.1) is 6.10 Å². The molecule has 0 saturated carbocycles. The van der Waals surface area contributed by atoms with E-state index in [2.05, 4.69) is 58.3 Å². The Labute approximate surface area is 157 Å². The molecular formula is C23H30N2O. The molecule has 1 fully saturated rings. The van der Waals surface area contributed by atoms with Crippen LogP contribution in [0.2, 0.25) is 0 Å². The summed E-state index contributed by atoms with van der Waals surface area (Å²) >= 11 is 0. The normalized spacial score (nSPS) is 19.5. The first-order chi connectivity index (χ1) is 12.7. The van der Waals surface area contributed by atoms with Crippen molar-refractivity contribution < 1.29 is 5.11 Å². The van der Waals surface area contributed by atoms with Gasteiger partial charge in [-0.1, -0.05) is 42.5 Å². The first-order valence-corrected chi connectivity index (χ1v) is 10.0. The first-order valence-electron chi connectivity index (χ1n) is 10.0. The van der Waals surface area contributed by atoms with Crippen molar-refractivity contribution in [1.29, 1.82) is 0 Å². The predicted molar refractivity (Wildman–Crippen MR) is 108 cm³/mol. The van der Waals surface area contributed by atoms with Crippen molar-refractivity contribution in [1.82, 2.24) is 4.90 Å². The summed E-state index contributed by atoms with van der Waals surface area (Å²) in [5.41, 5.74) is 5.37. The third-order valence-electron chi connectivity index (χ3n) is 6.10. The van der Waals surface area contributed by atoms with Crippen LogP contribution in [0.1, 0.15) is 42.6 Å². The molecular weight excluding hydrogens is 320 g/mol. The highest BCUT2D eigenvalue weighted by molar-refractivity contribution is 5.58. The highest BCUT2D eigenvalue weighted by Crippen LogP contribution is 2.32. The Morgan fingerprint density at radius 1 is 1.00 bits per heavy atom. The lowest BCUT2D eigenvalue weighted by Gasteiger charge is -2.38. The van der Waals surface area contributed by atoms with Crippen LogP contribution in [0.15, 0.2) is 48.5 Å². The lowest BCUT2D eigenvalue weighted by Crippen LogP contribution is -2.44. The van der Waals surface area contributed by atoms with Crippen molar-refractivity contribution in [3.8, 4) is 0 Å². The molecule has 2 heterocycles. The quantitative estimate of drug-likeness (QED) is 0.888. The van der Waals surface area contributed by atoms with Gasteiger partial charge in [0.1, 0.15) is 0 Å². The molecule has 1 unspecified atom stereocenters. The fourth-order valence-electron chi connectivity index (χ4n) is 4.45. The van der Waals surface area contributed by atoms with E-state index in [-0.39, 0.29) is 6.10 Å². The van der Waals surface area contributed by atoms with Crippen molar-refractivity contribution in [2.75, 3.05) is 31.1 Å². The van der Waals surface area contributed by atoms with Crippen LogP contribution in [0.5, 0.6) is 0 Å². The third-order valence-corrected chi connectivity index (χ3v) is 6.10. The van der Waals surface area contributed by atoms with E-state index in [1.807, 2.05) is 6.92 Å². The number of hydrogen-bond donors (Lipinski definition) is 1. The van der Waals surface area contributed by atoms with Crippen molar-refractivity contribution in [3.63, 3.8) is 0 Å². The summed E-state index contributed by atoms with van der Waals surface area (Å²) in [5.74, 6) is 0. The van der Waals surface area contributed by atoms with E-state index in [0.29, 0.717) is 6.04 Å². The molecule has 2 aromatic carbocycles. The number of aliphatic hydroxyl groups excluding tert-OH is 1. The molecule has 1 saturated heterocycles. The third kappa shape index (κ3) is 3.79. The van der Waals surface area contributed by atoms with Gasteiger partial charge in [0.2, 0.25) is 0 Å². The lowest BCUT2D eigenvalue weighted by molar-refractivity contribution is 0.199. The molecule has 4 rings (SSSR count). The Hall–Kier alpha value is -1.84. The molecule has 0 spiro atoms. The fourth-order valence-corrected chi connectivity index (χ4v) is 4.45. The summed E-state index contributed by atoms with van der Waals surface area (Å²) in [6.45, 7) is 6.55. The summed E-state index contributed by atoms with van der Waals surface area (Å²) in [6, 6.07) is 18.1. The molecule has 0 aromatic heterocycles. The topological polar surface area (TPSA) is 26.7 Å². The maximum absolute atomic E-state index is 9.61. The number of aliphatic hydroxyl groups is 1. The van der Waals surface area contributed by atoms with E-state index in [0.717, 1.165) is 18.5 Å². The summed E-state index contributed by atoms with van der Waals surface area (Å²) < 4.78 is 0. The minimum absolute atomic E-state index is 0.376. The maximum atomic E-state index is 9.61. The van der Waals surface area contributed by atoms with Gasteiger partial charge in [0, 0.05) is 37.9 Å². The number of hydrogen-bond acceptors (Lipinski definition) is 3. The van der Waals surface area contributed by atoms with Gasteiger partial charge in [-0.25, -0.2) is 0 Å². The Bertz CT molecular complexity index is 717. The minimum atomic E-state index is -0.376. The molecule has 3 heteroatoms. The van der Waals surface area contributed by atoms with Gasteiger partial charge < -0.3 is 14.9 Å². The van der Waals surface area contributed by atoms with Crippen molar-refractivity contribution in [2.45, 2.75) is 44.8 Å². The molecule has 1 N–H and O–H groups in total. The number of piperidine rings is 1. The van der Waals surface area contributed by atoms with Gasteiger partial charge in [-0.2, -0.15) is 0 Å². The first kappa shape index (κ1) is 17.6. The van der Waals surface area contributed by atoms with Crippen molar-refractivity contribution in [3.05, 3.63) is 65.2 Å². The molecule has 0 aliphatic carbocycles. The van der Waals surface area contributed by atoms with Crippen LogP contribution in [0.25, 0.3) is 0 Å². The summed E-state index contributed by atoms with van der Waals surface area (Å²) in [6.07, 6.45) is 4.47. The number of likely N-dealkylation sites (tertiary alicyclic amines) is 1. The molecule has 138 valence electrons. The van der Waals surface area contributed by atoms with Gasteiger partial charge in [-0.15, -0.1) is 0 Å². The van der Waals surface area contributed by atoms with Gasteiger partial charge in [-0.05, 0) is 55.4 Å². The SMILES string of the molecule is CC(O)c1ccc(CCN2CCC(N3CCc4ccccc43)CC2)cc1. The van der Waals surface area contributed by atoms with E-state index >= 15 is 0 Å². The highest BCUT2D eigenvalue weighted by Gasteiger charge is 2.28. The van der Waals surface area contributed by atoms with Crippen LogP contribution in [0.3, 0.4) is 0 Å². The Morgan fingerprint density at radius 3 is 2.46 bits per heavy atom. The number of nitrogens with zero attached hydrogens (tertiary/aromatic N) is 2. The van der Waals surface area contributed by atoms with E-state index in [9.17, 15) is 5.11 Å². The molecule has 0 amide bonds. The second-order valence-electron chi connectivity index (χ2n) is 7.81. The van der Waals surface area contributed by atoms with Gasteiger partial charge in [0.15, 0.2) is 0 Å². The molecule has 0 radical (unpaired) electrons. The monoisotopic (exact) mass is 350 g/mol. The predicted octanol–water partition coefficient (Wildman–Crippen LogP) is 3.81. The minimum Gasteiger partial charge on any atom is -0.389 e. The van der Waals surface area contributed by atoms with Crippen LogP contribution in [0, 0.1) is 0 Å². The van der Waals surface area contributed by atoms with Gasteiger partial charge in [0.25, 0.3) is 0 Å². The fraction of sp³-hybridized carbons (Fsp3) is 0.478. The van der Waals surface area contributed by atoms with Crippen LogP contribution in [-0.4, -0.2) is 42.2 Å². The maximum Gasteiger partial charge on any atom is 0.0761 e. The van der Waals surface area contributed by atoms with E-state index in [1.54, 1.807) is 0 Å². The molecule has 2 aromatic rings. The zero-order valence-electron chi connectivity index (χ0n) is 15.8.